The molecule has 0 aliphatic heterocycles. The molecule has 1 atom stereocenters. The molecule has 2 aromatic carbocycles. The van der Waals surface area contributed by atoms with Gasteiger partial charge in [0.25, 0.3) is 5.91 Å². The number of methoxy groups -OCH3 is 1. The van der Waals surface area contributed by atoms with Gasteiger partial charge in [-0.15, -0.1) is 0 Å². The van der Waals surface area contributed by atoms with Gasteiger partial charge in [-0.2, -0.15) is 0 Å². The molecule has 0 bridgehead atoms. The molecule has 31 heavy (non-hydrogen) atoms. The molecule has 1 aromatic heterocycles. The number of nitrogens with zero attached hydrogens (tertiary/aromatic N) is 2. The number of ether oxygens (including phenoxy) is 1. The van der Waals surface area contributed by atoms with Crippen molar-refractivity contribution < 1.29 is 14.3 Å². The number of aldehydes is 1. The van der Waals surface area contributed by atoms with Crippen molar-refractivity contribution in [2.45, 2.75) is 18.9 Å². The first kappa shape index (κ1) is 23.8. The molecular weight excluding hydrogens is 390 g/mol. The molecule has 6 nitrogen and oxygen atoms in total. The van der Waals surface area contributed by atoms with E-state index in [0.717, 1.165) is 30.4 Å². The van der Waals surface area contributed by atoms with Crippen LogP contribution in [0.4, 0.5) is 0 Å². The third kappa shape index (κ3) is 6.49. The van der Waals surface area contributed by atoms with E-state index in [2.05, 4.69) is 10.7 Å². The highest BCUT2D eigenvalue weighted by atomic mass is 16.5. The van der Waals surface area contributed by atoms with Gasteiger partial charge in [-0.05, 0) is 67.4 Å². The van der Waals surface area contributed by atoms with Gasteiger partial charge in [0, 0.05) is 18.0 Å². The Balaban J connectivity index is 0.000000363. The average Bonchev–Trinajstić information content (AvgIpc) is 3.28. The maximum atomic E-state index is 12.8. The van der Waals surface area contributed by atoms with E-state index in [4.69, 9.17) is 4.74 Å². The van der Waals surface area contributed by atoms with Gasteiger partial charge in [0.05, 0.1) is 19.7 Å². The van der Waals surface area contributed by atoms with Crippen molar-refractivity contribution in [3.8, 4) is 5.75 Å². The molecule has 0 fully saturated rings. The Morgan fingerprint density at radius 1 is 1.10 bits per heavy atom. The van der Waals surface area contributed by atoms with Gasteiger partial charge in [0.15, 0.2) is 0 Å². The van der Waals surface area contributed by atoms with Gasteiger partial charge in [0.2, 0.25) is 0 Å². The van der Waals surface area contributed by atoms with E-state index in [-0.39, 0.29) is 18.5 Å². The Labute approximate surface area is 183 Å². The Morgan fingerprint density at radius 3 is 2.32 bits per heavy atom. The second-order valence-corrected chi connectivity index (χ2v) is 6.63. The third-order valence-electron chi connectivity index (χ3n) is 4.89. The smallest absolute Gasteiger partial charge is 0.254 e. The van der Waals surface area contributed by atoms with Crippen LogP contribution in [-0.4, -0.2) is 42.8 Å². The number of amides is 1. The average molecular weight is 420 g/mol. The summed E-state index contributed by atoms with van der Waals surface area (Å²) in [6, 6.07) is 20.7. The Kier molecular flexibility index (Phi) is 9.91. The lowest BCUT2D eigenvalue weighted by Gasteiger charge is -2.28. The van der Waals surface area contributed by atoms with Crippen LogP contribution in [0.1, 0.15) is 33.9 Å². The highest BCUT2D eigenvalue weighted by Gasteiger charge is 2.31. The molecular formula is C25H29N3O3. The minimum absolute atomic E-state index is 0.0852. The molecule has 1 aliphatic carbocycles. The topological polar surface area (TPSA) is 85.5 Å². The van der Waals surface area contributed by atoms with Gasteiger partial charge >= 0.3 is 0 Å². The van der Waals surface area contributed by atoms with Crippen LogP contribution in [0.5, 0.6) is 5.75 Å². The van der Waals surface area contributed by atoms with E-state index >= 15 is 0 Å². The van der Waals surface area contributed by atoms with Crippen molar-refractivity contribution in [2.24, 2.45) is 5.73 Å². The maximum absolute atomic E-state index is 12.8. The molecule has 162 valence electrons. The molecule has 0 saturated carbocycles. The van der Waals surface area contributed by atoms with Gasteiger partial charge in [-0.25, -0.2) is 0 Å². The third-order valence-corrected chi connectivity index (χ3v) is 4.89. The Bertz CT molecular complexity index is 907. The summed E-state index contributed by atoms with van der Waals surface area (Å²) in [5.74, 6) is 0.659. The number of nitrogens with two attached hydrogens (primary N) is 1. The summed E-state index contributed by atoms with van der Waals surface area (Å²) in [4.78, 5) is 29.4. The number of fused-ring (bicyclic) bond motifs is 1. The second-order valence-electron chi connectivity index (χ2n) is 6.63. The second kappa shape index (κ2) is 12.9. The molecule has 0 radical (unpaired) electrons. The fraction of sp³-hybridized carbons (Fsp3) is 0.240. The van der Waals surface area contributed by atoms with E-state index in [1.54, 1.807) is 36.5 Å². The Hall–Kier alpha value is -3.51. The van der Waals surface area contributed by atoms with Crippen LogP contribution in [0.25, 0.3) is 0 Å². The number of aromatic nitrogens is 1. The monoisotopic (exact) mass is 419 g/mol. The summed E-state index contributed by atoms with van der Waals surface area (Å²) < 4.78 is 5.30. The molecule has 1 unspecified atom stereocenters. The van der Waals surface area contributed by atoms with Crippen molar-refractivity contribution in [1.29, 1.82) is 0 Å². The van der Waals surface area contributed by atoms with Crippen LogP contribution in [0.2, 0.25) is 0 Å². The standard InChI is InChI=1S/C19H19NO3.C5H5N.CH5N/c1-23-16-9-7-14-8-10-18(17(14)13-16)20(11-12-21)19(22)15-5-3-2-4-6-15;1-2-4-6-5-3-1;1-2/h2-7,9,12-13,18H,8,10-11H2,1H3;1-5H;2H2,1H3. The summed E-state index contributed by atoms with van der Waals surface area (Å²) in [5.41, 5.74) is 7.40. The van der Waals surface area contributed by atoms with Crippen LogP contribution >= 0.6 is 0 Å². The van der Waals surface area contributed by atoms with Crippen molar-refractivity contribution in [3.05, 3.63) is 95.8 Å². The van der Waals surface area contributed by atoms with Crippen LogP contribution in [0.3, 0.4) is 0 Å². The van der Waals surface area contributed by atoms with Gasteiger partial charge in [-0.3, -0.25) is 9.78 Å². The summed E-state index contributed by atoms with van der Waals surface area (Å²) in [7, 11) is 3.13. The number of hydrogen-bond donors (Lipinski definition) is 1. The summed E-state index contributed by atoms with van der Waals surface area (Å²) in [6.07, 6.45) is 6.02. The number of aryl methyl sites for hydroxylation is 1. The van der Waals surface area contributed by atoms with Crippen molar-refractivity contribution in [2.75, 3.05) is 20.7 Å². The molecule has 4 rings (SSSR count). The Morgan fingerprint density at radius 2 is 1.77 bits per heavy atom. The van der Waals surface area contributed by atoms with E-state index in [1.807, 2.05) is 54.6 Å². The van der Waals surface area contributed by atoms with Gasteiger partial charge in [-0.1, -0.05) is 30.3 Å². The minimum atomic E-state index is -0.113. The summed E-state index contributed by atoms with van der Waals surface area (Å²) >= 11 is 0. The lowest BCUT2D eigenvalue weighted by molar-refractivity contribution is -0.108. The van der Waals surface area contributed by atoms with E-state index in [9.17, 15) is 9.59 Å². The van der Waals surface area contributed by atoms with E-state index in [1.165, 1.54) is 12.6 Å². The van der Waals surface area contributed by atoms with Crippen LogP contribution in [0, 0.1) is 0 Å². The maximum Gasteiger partial charge on any atom is 0.254 e. The number of benzene rings is 2. The van der Waals surface area contributed by atoms with Crippen LogP contribution < -0.4 is 10.5 Å². The molecule has 0 spiro atoms. The largest absolute Gasteiger partial charge is 0.497 e. The molecule has 6 heteroatoms. The number of hydrogen-bond acceptors (Lipinski definition) is 5. The molecule has 3 aromatic rings. The van der Waals surface area contributed by atoms with Crippen LogP contribution in [-0.2, 0) is 11.2 Å². The summed E-state index contributed by atoms with van der Waals surface area (Å²) in [5, 5.41) is 0. The predicted molar refractivity (Wildman–Crippen MR) is 122 cm³/mol. The predicted octanol–water partition coefficient (Wildman–Crippen LogP) is 3.68. The zero-order valence-electron chi connectivity index (χ0n) is 18.0. The zero-order chi connectivity index (χ0) is 22.5. The molecule has 0 saturated heterocycles. The normalized spacial score (nSPS) is 13.5. The lowest BCUT2D eigenvalue weighted by Crippen LogP contribution is -2.35. The van der Waals surface area contributed by atoms with Gasteiger partial charge in [0.1, 0.15) is 12.0 Å². The van der Waals surface area contributed by atoms with Crippen molar-refractivity contribution >= 4 is 12.2 Å². The fourth-order valence-electron chi connectivity index (χ4n) is 3.50. The van der Waals surface area contributed by atoms with E-state index in [0.29, 0.717) is 5.56 Å². The molecule has 1 heterocycles. The first-order valence-corrected chi connectivity index (χ1v) is 10.1. The highest BCUT2D eigenvalue weighted by Crippen LogP contribution is 2.38. The van der Waals surface area contributed by atoms with Crippen LogP contribution in [0.15, 0.2) is 79.1 Å². The minimum Gasteiger partial charge on any atom is -0.497 e. The number of carbonyl (C=O) groups excluding carboxylic acids is 2. The molecule has 2 N–H and O–H groups in total. The lowest BCUT2D eigenvalue weighted by atomic mass is 10.0. The SMILES string of the molecule is CN.COc1ccc2c(c1)C(N(CC=O)C(=O)c1ccccc1)CC2.c1ccncc1. The molecule has 1 amide bonds. The first-order valence-electron chi connectivity index (χ1n) is 10.1. The number of carbonyl (C=O) groups is 2. The van der Waals surface area contributed by atoms with Gasteiger partial charge < -0.3 is 20.2 Å². The quantitative estimate of drug-likeness (QED) is 0.638. The van der Waals surface area contributed by atoms with Crippen molar-refractivity contribution in [3.63, 3.8) is 0 Å². The highest BCUT2D eigenvalue weighted by molar-refractivity contribution is 5.95. The summed E-state index contributed by atoms with van der Waals surface area (Å²) in [6.45, 7) is 0.0923. The number of rotatable bonds is 5. The zero-order valence-corrected chi connectivity index (χ0v) is 18.0. The fourth-order valence-corrected chi connectivity index (χ4v) is 3.50. The van der Waals surface area contributed by atoms with Crippen molar-refractivity contribution in [1.82, 2.24) is 9.88 Å². The number of pyridine rings is 1. The van der Waals surface area contributed by atoms with E-state index < -0.39 is 0 Å². The first-order chi connectivity index (χ1) is 15.2. The molecule has 1 aliphatic rings.